The second-order valence-corrected chi connectivity index (χ2v) is 6.00. The Hall–Kier alpha value is -2.79. The van der Waals surface area contributed by atoms with Crippen LogP contribution in [0.25, 0.3) is 6.08 Å². The number of hydrogen-bond donors (Lipinski definition) is 2. The van der Waals surface area contributed by atoms with Crippen LogP contribution in [0.2, 0.25) is 5.02 Å². The van der Waals surface area contributed by atoms with Crippen molar-refractivity contribution in [1.82, 2.24) is 0 Å². The predicted octanol–water partition coefficient (Wildman–Crippen LogP) is 4.43. The van der Waals surface area contributed by atoms with E-state index in [1.54, 1.807) is 44.2 Å². The molecular formula is C19H17ClO5. The lowest BCUT2D eigenvalue weighted by Gasteiger charge is -2.15. The molecule has 0 aliphatic rings. The van der Waals surface area contributed by atoms with Crippen molar-refractivity contribution in [3.05, 3.63) is 64.2 Å². The number of ketones is 1. The monoisotopic (exact) mass is 360 g/mol. The molecule has 0 heterocycles. The molecule has 2 N–H and O–H groups in total. The van der Waals surface area contributed by atoms with Gasteiger partial charge < -0.3 is 14.9 Å². The number of carbonyl (C=O) groups excluding carboxylic acids is 1. The van der Waals surface area contributed by atoms with Gasteiger partial charge >= 0.3 is 5.97 Å². The molecule has 0 saturated carbocycles. The molecule has 0 atom stereocenters. The zero-order chi connectivity index (χ0) is 18.6. The molecule has 2 aromatic rings. The average molecular weight is 361 g/mol. The number of benzene rings is 2. The minimum atomic E-state index is -1.25. The molecule has 0 aromatic heterocycles. The second kappa shape index (κ2) is 7.85. The lowest BCUT2D eigenvalue weighted by atomic mass is 10.0. The van der Waals surface area contributed by atoms with Crippen LogP contribution in [0.3, 0.4) is 0 Å². The first-order valence-corrected chi connectivity index (χ1v) is 7.91. The second-order valence-electron chi connectivity index (χ2n) is 5.56. The molecule has 0 spiro atoms. The van der Waals surface area contributed by atoms with Crippen molar-refractivity contribution in [3.8, 4) is 11.5 Å². The summed E-state index contributed by atoms with van der Waals surface area (Å²) in [5.74, 6) is -2.42. The number of rotatable bonds is 6. The number of phenols is 1. The zero-order valence-corrected chi connectivity index (χ0v) is 14.4. The molecule has 6 heteroatoms. The third-order valence-electron chi connectivity index (χ3n) is 3.28. The molecule has 0 amide bonds. The molecule has 0 aliphatic heterocycles. The van der Waals surface area contributed by atoms with E-state index in [-0.39, 0.29) is 23.0 Å². The highest BCUT2D eigenvalue weighted by Crippen LogP contribution is 2.35. The van der Waals surface area contributed by atoms with Gasteiger partial charge in [0, 0.05) is 5.02 Å². The number of ether oxygens (including phenoxy) is 1. The van der Waals surface area contributed by atoms with E-state index in [0.29, 0.717) is 5.02 Å². The lowest BCUT2D eigenvalue weighted by Crippen LogP contribution is -2.11. The highest BCUT2D eigenvalue weighted by molar-refractivity contribution is 6.30. The largest absolute Gasteiger partial charge is 0.504 e. The van der Waals surface area contributed by atoms with E-state index in [1.807, 2.05) is 0 Å². The number of carboxylic acids is 1. The Kier molecular flexibility index (Phi) is 5.83. The Labute approximate surface area is 150 Å². The molecule has 0 saturated heterocycles. The summed E-state index contributed by atoms with van der Waals surface area (Å²) in [6.07, 6.45) is 2.50. The summed E-state index contributed by atoms with van der Waals surface area (Å²) in [5.41, 5.74) is 0.522. The molecule has 0 fully saturated rings. The number of hydrogen-bond acceptors (Lipinski definition) is 4. The van der Waals surface area contributed by atoms with Gasteiger partial charge in [0.05, 0.1) is 11.7 Å². The van der Waals surface area contributed by atoms with Crippen LogP contribution in [0.15, 0.2) is 42.5 Å². The first-order chi connectivity index (χ1) is 11.8. The first-order valence-electron chi connectivity index (χ1n) is 7.53. The van der Waals surface area contributed by atoms with Gasteiger partial charge in [-0.15, -0.1) is 0 Å². The Morgan fingerprint density at radius 3 is 2.24 bits per heavy atom. The normalized spacial score (nSPS) is 11.0. The predicted molar refractivity (Wildman–Crippen MR) is 95.6 cm³/mol. The van der Waals surface area contributed by atoms with Crippen LogP contribution >= 0.6 is 11.6 Å². The number of carbonyl (C=O) groups is 2. The maximum Gasteiger partial charge on any atom is 0.339 e. The fourth-order valence-electron chi connectivity index (χ4n) is 2.13. The van der Waals surface area contributed by atoms with Gasteiger partial charge in [0.1, 0.15) is 5.56 Å². The van der Waals surface area contributed by atoms with E-state index in [2.05, 4.69) is 0 Å². The van der Waals surface area contributed by atoms with Gasteiger partial charge in [-0.05, 0) is 49.8 Å². The van der Waals surface area contributed by atoms with E-state index >= 15 is 0 Å². The molecule has 0 unspecified atom stereocenters. The number of carboxylic acid groups (broad SMARTS) is 1. The lowest BCUT2D eigenvalue weighted by molar-refractivity contribution is 0.0688. The molecule has 2 aromatic carbocycles. The Morgan fingerprint density at radius 2 is 1.68 bits per heavy atom. The summed E-state index contributed by atoms with van der Waals surface area (Å²) in [4.78, 5) is 23.6. The number of phenolic OH excluding ortho intramolecular Hbond substituents is 1. The Balaban J connectivity index is 2.36. The summed E-state index contributed by atoms with van der Waals surface area (Å²) in [6, 6.07) is 9.38. The minimum absolute atomic E-state index is 0.0362. The average Bonchev–Trinajstić information content (AvgIpc) is 2.55. The third-order valence-corrected chi connectivity index (χ3v) is 3.53. The number of aromatic hydroxyl groups is 1. The van der Waals surface area contributed by atoms with Crippen LogP contribution in [0.5, 0.6) is 11.5 Å². The van der Waals surface area contributed by atoms with Gasteiger partial charge in [0.15, 0.2) is 17.3 Å². The van der Waals surface area contributed by atoms with Crippen molar-refractivity contribution >= 4 is 29.4 Å². The highest BCUT2D eigenvalue weighted by Gasteiger charge is 2.22. The van der Waals surface area contributed by atoms with Gasteiger partial charge in [-0.1, -0.05) is 29.8 Å². The molecule has 0 bridgehead atoms. The Bertz CT molecular complexity index is 822. The van der Waals surface area contributed by atoms with Gasteiger partial charge in [0.25, 0.3) is 0 Å². The van der Waals surface area contributed by atoms with E-state index in [9.17, 15) is 19.8 Å². The molecular weight excluding hydrogens is 344 g/mol. The van der Waals surface area contributed by atoms with E-state index in [0.717, 1.165) is 5.56 Å². The maximum absolute atomic E-state index is 12.3. The third kappa shape index (κ3) is 4.61. The Morgan fingerprint density at radius 1 is 1.08 bits per heavy atom. The molecule has 25 heavy (non-hydrogen) atoms. The van der Waals surface area contributed by atoms with E-state index in [1.165, 1.54) is 18.2 Å². The summed E-state index contributed by atoms with van der Waals surface area (Å²) in [6.45, 7) is 3.39. The molecule has 0 aliphatic carbocycles. The van der Waals surface area contributed by atoms with Crippen LogP contribution < -0.4 is 4.74 Å². The number of allylic oxidation sites excluding steroid dienone is 1. The number of aromatic carboxylic acids is 1. The van der Waals surface area contributed by atoms with Crippen molar-refractivity contribution in [2.24, 2.45) is 0 Å². The molecule has 130 valence electrons. The topological polar surface area (TPSA) is 83.8 Å². The van der Waals surface area contributed by atoms with Crippen molar-refractivity contribution in [2.45, 2.75) is 20.0 Å². The van der Waals surface area contributed by atoms with Crippen molar-refractivity contribution < 1.29 is 24.5 Å². The van der Waals surface area contributed by atoms with Crippen LogP contribution in [0, 0.1) is 0 Å². The summed E-state index contributed by atoms with van der Waals surface area (Å²) < 4.78 is 5.38. The smallest absolute Gasteiger partial charge is 0.339 e. The summed E-state index contributed by atoms with van der Waals surface area (Å²) >= 11 is 5.80. The van der Waals surface area contributed by atoms with Gasteiger partial charge in [-0.2, -0.15) is 0 Å². The zero-order valence-electron chi connectivity index (χ0n) is 13.7. The standard InChI is InChI=1S/C19H17ClO5/c1-11(2)25-18-15(19(23)24)9-8-14(17(18)22)16(21)10-5-12-3-6-13(20)7-4-12/h3-11,22H,1-2H3,(H,23,24)/b10-5+. The summed E-state index contributed by atoms with van der Waals surface area (Å²) in [7, 11) is 0. The van der Waals surface area contributed by atoms with E-state index in [4.69, 9.17) is 16.3 Å². The quantitative estimate of drug-likeness (QED) is 0.588. The van der Waals surface area contributed by atoms with Crippen LogP contribution in [0.1, 0.15) is 40.1 Å². The first kappa shape index (κ1) is 18.5. The van der Waals surface area contributed by atoms with Crippen molar-refractivity contribution in [1.29, 1.82) is 0 Å². The molecule has 0 radical (unpaired) electrons. The highest BCUT2D eigenvalue weighted by atomic mass is 35.5. The van der Waals surface area contributed by atoms with Crippen LogP contribution in [-0.2, 0) is 0 Å². The van der Waals surface area contributed by atoms with Crippen molar-refractivity contribution in [2.75, 3.05) is 0 Å². The molecule has 2 rings (SSSR count). The van der Waals surface area contributed by atoms with Gasteiger partial charge in [-0.25, -0.2) is 4.79 Å². The van der Waals surface area contributed by atoms with E-state index < -0.39 is 17.5 Å². The van der Waals surface area contributed by atoms with Crippen molar-refractivity contribution in [3.63, 3.8) is 0 Å². The van der Waals surface area contributed by atoms with Gasteiger partial charge in [0.2, 0.25) is 0 Å². The minimum Gasteiger partial charge on any atom is -0.504 e. The van der Waals surface area contributed by atoms with Gasteiger partial charge in [-0.3, -0.25) is 4.79 Å². The van der Waals surface area contributed by atoms with Crippen LogP contribution in [-0.4, -0.2) is 28.1 Å². The maximum atomic E-state index is 12.3. The number of halogens is 1. The fourth-order valence-corrected chi connectivity index (χ4v) is 2.25. The fraction of sp³-hybridized carbons (Fsp3) is 0.158. The van der Waals surface area contributed by atoms with Crippen LogP contribution in [0.4, 0.5) is 0 Å². The summed E-state index contributed by atoms with van der Waals surface area (Å²) in [5, 5.41) is 20.1. The SMILES string of the molecule is CC(C)Oc1c(C(=O)O)ccc(C(=O)/C=C/c2ccc(Cl)cc2)c1O. The molecule has 5 nitrogen and oxygen atoms in total.